The zero-order valence-electron chi connectivity index (χ0n) is 23.0. The fraction of sp³-hybridized carbons (Fsp3) is 0.200. The van der Waals surface area contributed by atoms with Crippen LogP contribution in [-0.2, 0) is 11.2 Å². The summed E-state index contributed by atoms with van der Waals surface area (Å²) in [6, 6.07) is 18.3. The van der Waals surface area contributed by atoms with Crippen molar-refractivity contribution in [2.45, 2.75) is 25.8 Å². The molecule has 1 atom stereocenters. The summed E-state index contributed by atoms with van der Waals surface area (Å²) in [4.78, 5) is 21.4. The average molecular weight is 583 g/mol. The highest BCUT2D eigenvalue weighted by Gasteiger charge is 2.30. The van der Waals surface area contributed by atoms with Gasteiger partial charge in [-0.3, -0.25) is 14.4 Å². The first-order valence-electron chi connectivity index (χ1n) is 13.5. The number of carbonyl (C=O) groups is 1. The predicted molar refractivity (Wildman–Crippen MR) is 162 cm³/mol. The zero-order valence-corrected chi connectivity index (χ0v) is 23.8. The second kappa shape index (κ2) is 11.4. The Balaban J connectivity index is 1.27. The van der Waals surface area contributed by atoms with Gasteiger partial charge in [0.1, 0.15) is 17.6 Å². The van der Waals surface area contributed by atoms with Crippen molar-refractivity contribution >= 4 is 46.7 Å². The lowest BCUT2D eigenvalue weighted by Crippen LogP contribution is -2.29. The molecule has 0 spiro atoms. The van der Waals surface area contributed by atoms with Crippen molar-refractivity contribution < 1.29 is 19.6 Å². The molecule has 0 saturated heterocycles. The van der Waals surface area contributed by atoms with Crippen LogP contribution < -0.4 is 15.5 Å². The minimum atomic E-state index is -1.57. The largest absolute Gasteiger partial charge is 0.497 e. The van der Waals surface area contributed by atoms with Crippen molar-refractivity contribution in [2.75, 3.05) is 13.7 Å². The van der Waals surface area contributed by atoms with Gasteiger partial charge in [-0.1, -0.05) is 29.8 Å². The number of rotatable bonds is 8. The van der Waals surface area contributed by atoms with Crippen molar-refractivity contribution in [3.63, 3.8) is 0 Å². The van der Waals surface area contributed by atoms with Gasteiger partial charge < -0.3 is 25.1 Å². The minimum Gasteiger partial charge on any atom is -0.497 e. The number of aromatic amines is 1. The molecule has 3 aromatic carbocycles. The molecule has 0 bridgehead atoms. The molecule has 10 nitrogen and oxygen atoms in total. The second-order valence-electron chi connectivity index (χ2n) is 10.1. The number of ether oxygens (including phenoxy) is 1. The molecule has 4 N–H and O–H groups in total. The van der Waals surface area contributed by atoms with Crippen molar-refractivity contribution in [1.82, 2.24) is 25.1 Å². The fourth-order valence-electron chi connectivity index (χ4n) is 5.33. The lowest BCUT2D eigenvalue weighted by molar-refractivity contribution is -0.121. The van der Waals surface area contributed by atoms with E-state index in [4.69, 9.17) is 21.3 Å². The maximum Gasteiger partial charge on any atom is 0.490 e. The number of aryl methyl sites for hydroxylation is 1. The number of aliphatic imine (C=N–C) groups is 1. The number of halogens is 1. The minimum absolute atomic E-state index is 0.0675. The van der Waals surface area contributed by atoms with Crippen molar-refractivity contribution in [2.24, 2.45) is 4.99 Å². The average Bonchev–Trinajstić information content (AvgIpc) is 3.55. The molecular formula is C30H28BClN6O4. The molecule has 0 fully saturated rings. The number of carbonyl (C=O) groups excluding carboxylic acids is 1. The van der Waals surface area contributed by atoms with Crippen molar-refractivity contribution in [3.05, 3.63) is 100 Å². The van der Waals surface area contributed by atoms with Crippen LogP contribution in [0.4, 0.5) is 0 Å². The van der Waals surface area contributed by atoms with Crippen LogP contribution in [0.5, 0.6) is 5.75 Å². The van der Waals surface area contributed by atoms with Crippen LogP contribution in [0.15, 0.2) is 71.9 Å². The quantitative estimate of drug-likeness (QED) is 0.208. The van der Waals surface area contributed by atoms with Gasteiger partial charge in [0, 0.05) is 39.9 Å². The topological polar surface area (TPSA) is 138 Å². The van der Waals surface area contributed by atoms with E-state index < -0.39 is 13.2 Å². The van der Waals surface area contributed by atoms with Gasteiger partial charge in [0.2, 0.25) is 5.91 Å². The Morgan fingerprint density at radius 2 is 1.93 bits per heavy atom. The molecule has 1 aliphatic rings. The molecule has 0 saturated carbocycles. The van der Waals surface area contributed by atoms with E-state index in [1.54, 1.807) is 13.3 Å². The molecule has 6 rings (SSSR count). The summed E-state index contributed by atoms with van der Waals surface area (Å²) in [5.41, 5.74) is 5.41. The third-order valence-corrected chi connectivity index (χ3v) is 7.67. The van der Waals surface area contributed by atoms with Gasteiger partial charge in [0.25, 0.3) is 0 Å². The Kier molecular flexibility index (Phi) is 7.55. The van der Waals surface area contributed by atoms with Gasteiger partial charge in [-0.2, -0.15) is 0 Å². The van der Waals surface area contributed by atoms with Crippen molar-refractivity contribution in [1.29, 1.82) is 0 Å². The van der Waals surface area contributed by atoms with Crippen LogP contribution in [-0.4, -0.2) is 62.2 Å². The van der Waals surface area contributed by atoms with Gasteiger partial charge in [0.05, 0.1) is 24.9 Å². The van der Waals surface area contributed by atoms with Gasteiger partial charge >= 0.3 is 7.12 Å². The highest BCUT2D eigenvalue weighted by Crippen LogP contribution is 2.34. The van der Waals surface area contributed by atoms with E-state index in [1.807, 2.05) is 72.2 Å². The maximum atomic E-state index is 13.3. The van der Waals surface area contributed by atoms with Crippen molar-refractivity contribution in [3.8, 4) is 11.4 Å². The van der Waals surface area contributed by atoms with E-state index >= 15 is 0 Å². The third kappa shape index (κ3) is 5.29. The molecule has 12 heteroatoms. The molecule has 5 aromatic rings. The molecule has 0 radical (unpaired) electrons. The Morgan fingerprint density at radius 3 is 2.69 bits per heavy atom. The number of aromatic nitrogens is 4. The molecule has 1 aliphatic heterocycles. The number of benzene rings is 3. The van der Waals surface area contributed by atoms with Crippen LogP contribution in [0.25, 0.3) is 16.6 Å². The van der Waals surface area contributed by atoms with Crippen LogP contribution in [0, 0.1) is 6.92 Å². The highest BCUT2D eigenvalue weighted by molar-refractivity contribution is 6.62. The molecule has 2 aromatic heterocycles. The first-order chi connectivity index (χ1) is 20.3. The predicted octanol–water partition coefficient (Wildman–Crippen LogP) is 3.04. The first-order valence-corrected chi connectivity index (χ1v) is 13.9. The Morgan fingerprint density at radius 1 is 1.12 bits per heavy atom. The van der Waals surface area contributed by atoms with Crippen LogP contribution in [0.1, 0.15) is 40.8 Å². The number of nitrogens with one attached hydrogen (secondary N) is 2. The molecule has 0 unspecified atom stereocenters. The van der Waals surface area contributed by atoms with E-state index in [-0.39, 0.29) is 12.3 Å². The Hall–Kier alpha value is -4.45. The van der Waals surface area contributed by atoms with Crippen LogP contribution in [0.3, 0.4) is 0 Å². The summed E-state index contributed by atoms with van der Waals surface area (Å²) < 4.78 is 7.47. The second-order valence-corrected chi connectivity index (χ2v) is 10.6. The van der Waals surface area contributed by atoms with E-state index in [0.29, 0.717) is 46.6 Å². The van der Waals surface area contributed by atoms with Crippen LogP contribution in [0.2, 0.25) is 5.02 Å². The van der Waals surface area contributed by atoms with E-state index in [1.165, 1.54) is 0 Å². The van der Waals surface area contributed by atoms with Crippen LogP contribution >= 0.6 is 11.6 Å². The number of H-pyrrole nitrogens is 1. The number of hydrogen-bond donors (Lipinski definition) is 4. The number of nitrogens with zero attached hydrogens (tertiary/aromatic N) is 4. The number of fused-ring (bicyclic) bond motifs is 4. The monoisotopic (exact) mass is 582 g/mol. The van der Waals surface area contributed by atoms with Gasteiger partial charge in [0.15, 0.2) is 5.82 Å². The van der Waals surface area contributed by atoms with E-state index in [2.05, 4.69) is 20.5 Å². The molecule has 212 valence electrons. The number of amides is 1. The number of methoxy groups -OCH3 is 1. The van der Waals surface area contributed by atoms with Gasteiger partial charge in [-0.05, 0) is 66.8 Å². The summed E-state index contributed by atoms with van der Waals surface area (Å²) in [6.07, 6.45) is 2.22. The summed E-state index contributed by atoms with van der Waals surface area (Å²) in [7, 11) is 0.0512. The lowest BCUT2D eigenvalue weighted by atomic mass is 9.80. The third-order valence-electron chi connectivity index (χ3n) is 7.42. The first kappa shape index (κ1) is 27.7. The Bertz CT molecular complexity index is 1810. The molecule has 3 heterocycles. The molecular weight excluding hydrogens is 555 g/mol. The summed E-state index contributed by atoms with van der Waals surface area (Å²) in [6.45, 7) is 2.27. The Labute approximate surface area is 247 Å². The fourth-order valence-corrected chi connectivity index (χ4v) is 5.46. The summed E-state index contributed by atoms with van der Waals surface area (Å²) >= 11 is 6.18. The molecule has 42 heavy (non-hydrogen) atoms. The smallest absolute Gasteiger partial charge is 0.490 e. The SMILES string of the molecule is COc1ccc2c(c1)C(c1ccc(Cl)cc1)=N[C@@H](CC(=O)NCCc1ccc3[nH]cc(B(O)O)c3c1)c1nnc(C)n1-2. The van der Waals surface area contributed by atoms with E-state index in [9.17, 15) is 14.8 Å². The maximum absolute atomic E-state index is 13.3. The lowest BCUT2D eigenvalue weighted by Gasteiger charge is -2.14. The molecule has 1 amide bonds. The van der Waals surface area contributed by atoms with E-state index in [0.717, 1.165) is 33.3 Å². The van der Waals surface area contributed by atoms with Gasteiger partial charge in [-0.15, -0.1) is 10.2 Å². The summed E-state index contributed by atoms with van der Waals surface area (Å²) in [5.74, 6) is 1.76. The highest BCUT2D eigenvalue weighted by atomic mass is 35.5. The summed E-state index contributed by atoms with van der Waals surface area (Å²) in [5, 5.41) is 32.4. The molecule has 0 aliphatic carbocycles. The normalized spacial score (nSPS) is 14.1. The number of hydrogen-bond acceptors (Lipinski definition) is 7. The zero-order chi connectivity index (χ0) is 29.4. The van der Waals surface area contributed by atoms with Gasteiger partial charge in [-0.25, -0.2) is 0 Å². The standard InChI is InChI=1S/C30H28BClN6O4/c1-17-36-37-30-26(15-28(39)33-12-11-18-3-9-25-22(13-18)24(16-34-25)31(40)41)35-29(19-4-6-20(32)7-5-19)23-14-21(42-2)8-10-27(23)38(17)30/h3-10,13-14,16,26,34,40-41H,11-12,15H2,1-2H3,(H,33,39)/t26-/m0/s1.